The van der Waals surface area contributed by atoms with Crippen LogP contribution in [0.5, 0.6) is 17.2 Å². The molecule has 0 saturated heterocycles. The molecule has 3 heteroatoms. The Labute approximate surface area is 142 Å². The molecule has 0 saturated carbocycles. The van der Waals surface area contributed by atoms with Gasteiger partial charge in [-0.25, -0.2) is 0 Å². The van der Waals surface area contributed by atoms with E-state index >= 15 is 0 Å². The van der Waals surface area contributed by atoms with E-state index < -0.39 is 0 Å². The number of hydrogen-bond acceptors (Lipinski definition) is 3. The van der Waals surface area contributed by atoms with Gasteiger partial charge in [0.15, 0.2) is 11.5 Å². The molecule has 3 aromatic carbocycles. The van der Waals surface area contributed by atoms with Crippen molar-refractivity contribution in [3.8, 4) is 17.2 Å². The Bertz CT molecular complexity index is 834. The van der Waals surface area contributed by atoms with E-state index in [0.717, 1.165) is 24.2 Å². The highest BCUT2D eigenvalue weighted by atomic mass is 16.5. The number of benzene rings is 3. The maximum absolute atomic E-state index is 5.58. The van der Waals surface area contributed by atoms with Gasteiger partial charge in [0.1, 0.15) is 0 Å². The third-order valence-corrected chi connectivity index (χ3v) is 4.33. The largest absolute Gasteiger partial charge is 0.493 e. The Morgan fingerprint density at radius 1 is 0.625 bits per heavy atom. The highest BCUT2D eigenvalue weighted by molar-refractivity contribution is 5.85. The van der Waals surface area contributed by atoms with Gasteiger partial charge in [0.2, 0.25) is 5.75 Å². The summed E-state index contributed by atoms with van der Waals surface area (Å²) in [5.74, 6) is 2.08. The summed E-state index contributed by atoms with van der Waals surface area (Å²) in [6.45, 7) is 0. The van der Waals surface area contributed by atoms with Gasteiger partial charge in [-0.05, 0) is 40.8 Å². The predicted octanol–water partition coefficient (Wildman–Crippen LogP) is 4.65. The van der Waals surface area contributed by atoms with Gasteiger partial charge in [-0.2, -0.15) is 0 Å². The van der Waals surface area contributed by atoms with Gasteiger partial charge in [-0.3, -0.25) is 0 Å². The summed E-state index contributed by atoms with van der Waals surface area (Å²) in [6, 6.07) is 18.9. The summed E-state index contributed by atoms with van der Waals surface area (Å²) in [7, 11) is 4.93. The van der Waals surface area contributed by atoms with Crippen molar-refractivity contribution >= 4 is 10.8 Å². The molecule has 0 bridgehead atoms. The van der Waals surface area contributed by atoms with Crippen molar-refractivity contribution in [3.05, 3.63) is 65.7 Å². The van der Waals surface area contributed by atoms with Crippen LogP contribution in [0.15, 0.2) is 54.6 Å². The molecule has 3 rings (SSSR count). The van der Waals surface area contributed by atoms with Crippen LogP contribution < -0.4 is 14.2 Å². The zero-order valence-electron chi connectivity index (χ0n) is 14.3. The van der Waals surface area contributed by atoms with Crippen molar-refractivity contribution in [3.63, 3.8) is 0 Å². The lowest BCUT2D eigenvalue weighted by Crippen LogP contribution is -2.00. The van der Waals surface area contributed by atoms with Gasteiger partial charge in [0.25, 0.3) is 0 Å². The summed E-state index contributed by atoms with van der Waals surface area (Å²) in [5.41, 5.74) is 2.45. The van der Waals surface area contributed by atoms with E-state index in [1.165, 1.54) is 16.3 Å². The van der Waals surface area contributed by atoms with Crippen LogP contribution in [0.4, 0.5) is 0 Å². The number of aryl methyl sites for hydroxylation is 2. The number of methoxy groups -OCH3 is 3. The van der Waals surface area contributed by atoms with Gasteiger partial charge in [-0.1, -0.05) is 48.5 Å². The summed E-state index contributed by atoms with van der Waals surface area (Å²) in [6.07, 6.45) is 1.81. The van der Waals surface area contributed by atoms with Crippen molar-refractivity contribution in [2.75, 3.05) is 21.3 Å². The molecule has 24 heavy (non-hydrogen) atoms. The number of hydrogen-bond donors (Lipinski definition) is 0. The van der Waals surface area contributed by atoms with Crippen LogP contribution in [-0.2, 0) is 12.8 Å². The molecule has 0 unspecified atom stereocenters. The summed E-state index contributed by atoms with van der Waals surface area (Å²) < 4.78 is 16.4. The van der Waals surface area contributed by atoms with E-state index in [9.17, 15) is 0 Å². The third kappa shape index (κ3) is 3.02. The molecule has 0 atom stereocenters. The van der Waals surface area contributed by atoms with Gasteiger partial charge in [-0.15, -0.1) is 0 Å². The molecule has 0 heterocycles. The Kier molecular flexibility index (Phi) is 4.90. The van der Waals surface area contributed by atoms with Gasteiger partial charge in [0.05, 0.1) is 21.3 Å². The molecule has 0 aliphatic carbocycles. The quantitative estimate of drug-likeness (QED) is 0.661. The van der Waals surface area contributed by atoms with Gasteiger partial charge in [0, 0.05) is 0 Å². The van der Waals surface area contributed by atoms with Crippen LogP contribution in [-0.4, -0.2) is 21.3 Å². The summed E-state index contributed by atoms with van der Waals surface area (Å²) in [5, 5.41) is 2.58. The molecule has 0 N–H and O–H groups in total. The first-order valence-electron chi connectivity index (χ1n) is 8.03. The topological polar surface area (TPSA) is 27.7 Å². The standard InChI is InChI=1S/C21H22O3/c1-22-19-14-13-17(20(23-2)21(19)24-3)12-11-16-9-6-8-15-7-4-5-10-18(15)16/h4-10,13-14H,11-12H2,1-3H3. The number of rotatable bonds is 6. The van der Waals surface area contributed by atoms with E-state index in [-0.39, 0.29) is 0 Å². The van der Waals surface area contributed by atoms with Crippen LogP contribution >= 0.6 is 0 Å². The first-order valence-corrected chi connectivity index (χ1v) is 8.03. The minimum Gasteiger partial charge on any atom is -0.493 e. The van der Waals surface area contributed by atoms with Crippen molar-refractivity contribution in [1.82, 2.24) is 0 Å². The molecule has 0 aliphatic heterocycles. The second kappa shape index (κ2) is 7.26. The molecule has 0 fully saturated rings. The maximum atomic E-state index is 5.58. The summed E-state index contributed by atoms with van der Waals surface area (Å²) in [4.78, 5) is 0. The molecule has 0 radical (unpaired) electrons. The minimum absolute atomic E-state index is 0.649. The fraction of sp³-hybridized carbons (Fsp3) is 0.238. The zero-order valence-corrected chi connectivity index (χ0v) is 14.3. The second-order valence-corrected chi connectivity index (χ2v) is 5.63. The maximum Gasteiger partial charge on any atom is 0.203 e. The average Bonchev–Trinajstić information content (AvgIpc) is 2.65. The van der Waals surface area contributed by atoms with Crippen LogP contribution in [0.25, 0.3) is 10.8 Å². The number of fused-ring (bicyclic) bond motifs is 1. The van der Waals surface area contributed by atoms with Crippen LogP contribution in [0.2, 0.25) is 0 Å². The Balaban J connectivity index is 1.91. The number of ether oxygens (including phenoxy) is 3. The van der Waals surface area contributed by atoms with E-state index in [1.807, 2.05) is 12.1 Å². The van der Waals surface area contributed by atoms with E-state index in [2.05, 4.69) is 42.5 Å². The molecule has 3 nitrogen and oxygen atoms in total. The Morgan fingerprint density at radius 3 is 2.08 bits per heavy atom. The average molecular weight is 322 g/mol. The molecule has 0 amide bonds. The lowest BCUT2D eigenvalue weighted by atomic mass is 9.98. The van der Waals surface area contributed by atoms with Crippen molar-refractivity contribution in [2.24, 2.45) is 0 Å². The van der Waals surface area contributed by atoms with E-state index in [0.29, 0.717) is 11.5 Å². The van der Waals surface area contributed by atoms with Crippen molar-refractivity contribution in [2.45, 2.75) is 12.8 Å². The molecule has 0 aromatic heterocycles. The first kappa shape index (κ1) is 16.2. The molecule has 124 valence electrons. The summed E-state index contributed by atoms with van der Waals surface area (Å²) >= 11 is 0. The van der Waals surface area contributed by atoms with Gasteiger partial charge < -0.3 is 14.2 Å². The van der Waals surface area contributed by atoms with E-state index in [4.69, 9.17) is 14.2 Å². The third-order valence-electron chi connectivity index (χ3n) is 4.33. The minimum atomic E-state index is 0.649. The lowest BCUT2D eigenvalue weighted by molar-refractivity contribution is 0.322. The van der Waals surface area contributed by atoms with E-state index in [1.54, 1.807) is 21.3 Å². The zero-order chi connectivity index (χ0) is 16.9. The molecular weight excluding hydrogens is 300 g/mol. The first-order chi connectivity index (χ1) is 11.8. The van der Waals surface area contributed by atoms with Crippen LogP contribution in [0.1, 0.15) is 11.1 Å². The molecule has 0 aliphatic rings. The highest BCUT2D eigenvalue weighted by Crippen LogP contribution is 2.40. The van der Waals surface area contributed by atoms with Crippen molar-refractivity contribution in [1.29, 1.82) is 0 Å². The normalized spacial score (nSPS) is 10.6. The molecule has 0 spiro atoms. The fourth-order valence-electron chi connectivity index (χ4n) is 3.14. The van der Waals surface area contributed by atoms with Crippen LogP contribution in [0.3, 0.4) is 0 Å². The lowest BCUT2D eigenvalue weighted by Gasteiger charge is -2.16. The predicted molar refractivity (Wildman–Crippen MR) is 97.5 cm³/mol. The van der Waals surface area contributed by atoms with Crippen molar-refractivity contribution < 1.29 is 14.2 Å². The Morgan fingerprint density at radius 2 is 1.33 bits per heavy atom. The molecule has 3 aromatic rings. The second-order valence-electron chi connectivity index (χ2n) is 5.63. The Hall–Kier alpha value is -2.68. The fourth-order valence-corrected chi connectivity index (χ4v) is 3.14. The molecular formula is C21H22O3. The monoisotopic (exact) mass is 322 g/mol. The highest BCUT2D eigenvalue weighted by Gasteiger charge is 2.15. The van der Waals surface area contributed by atoms with Crippen LogP contribution in [0, 0.1) is 0 Å². The SMILES string of the molecule is COc1ccc(CCc2cccc3ccccc23)c(OC)c1OC. The smallest absolute Gasteiger partial charge is 0.203 e. The van der Waals surface area contributed by atoms with Gasteiger partial charge >= 0.3 is 0 Å².